The summed E-state index contributed by atoms with van der Waals surface area (Å²) in [7, 11) is 0. The molecule has 0 spiro atoms. The highest BCUT2D eigenvalue weighted by molar-refractivity contribution is 6.17. The number of para-hydroxylation sites is 1. The normalized spacial score (nSPS) is 16.5. The lowest BCUT2D eigenvalue weighted by molar-refractivity contribution is 0.0376. The van der Waals surface area contributed by atoms with E-state index in [-0.39, 0.29) is 0 Å². The van der Waals surface area contributed by atoms with E-state index >= 15 is 0 Å². The first-order valence-corrected chi connectivity index (χ1v) is 13.5. The highest BCUT2D eigenvalue weighted by Gasteiger charge is 2.25. The lowest BCUT2D eigenvalue weighted by Gasteiger charge is -2.29. The van der Waals surface area contributed by atoms with E-state index < -0.39 is 11.6 Å². The monoisotopic (exact) mass is 512 g/mol. The third-order valence-electron chi connectivity index (χ3n) is 8.04. The second-order valence-corrected chi connectivity index (χ2v) is 10.3. The highest BCUT2D eigenvalue weighted by Crippen LogP contribution is 2.42. The average Bonchev–Trinajstić information content (AvgIpc) is 3.12. The van der Waals surface area contributed by atoms with Crippen molar-refractivity contribution >= 4 is 38.5 Å². The van der Waals surface area contributed by atoms with Crippen molar-refractivity contribution < 1.29 is 13.5 Å². The van der Waals surface area contributed by atoms with Crippen molar-refractivity contribution in [3.63, 3.8) is 0 Å². The Kier molecular flexibility index (Phi) is 5.98. The molecule has 2 aromatic heterocycles. The van der Waals surface area contributed by atoms with Gasteiger partial charge in [0.25, 0.3) is 0 Å². The van der Waals surface area contributed by atoms with E-state index in [1.165, 1.54) is 34.2 Å². The van der Waals surface area contributed by atoms with Crippen molar-refractivity contribution in [2.75, 3.05) is 50.8 Å². The van der Waals surface area contributed by atoms with Gasteiger partial charge in [0.2, 0.25) is 0 Å². The van der Waals surface area contributed by atoms with Crippen LogP contribution in [0.4, 0.5) is 14.5 Å². The van der Waals surface area contributed by atoms with Crippen molar-refractivity contribution in [1.82, 2.24) is 14.5 Å². The van der Waals surface area contributed by atoms with Gasteiger partial charge < -0.3 is 14.2 Å². The fourth-order valence-electron chi connectivity index (χ4n) is 6.18. The summed E-state index contributed by atoms with van der Waals surface area (Å²) in [5.74, 6) is -1.67. The predicted octanol–water partition coefficient (Wildman–Crippen LogP) is 6.22. The lowest BCUT2D eigenvalue weighted by Crippen LogP contribution is -2.38. The molecule has 0 amide bonds. The van der Waals surface area contributed by atoms with Gasteiger partial charge >= 0.3 is 0 Å². The van der Waals surface area contributed by atoms with Crippen LogP contribution in [-0.4, -0.2) is 60.4 Å². The summed E-state index contributed by atoms with van der Waals surface area (Å²) in [4.78, 5) is 10.2. The number of aromatic nitrogens is 2. The number of hydrogen-bond donors (Lipinski definition) is 0. The van der Waals surface area contributed by atoms with E-state index in [0.29, 0.717) is 5.56 Å². The molecular formula is C31H30F2N4O. The summed E-state index contributed by atoms with van der Waals surface area (Å²) in [6.45, 7) is 7.51. The number of anilines is 1. The van der Waals surface area contributed by atoms with Crippen LogP contribution in [0.2, 0.25) is 0 Å². The van der Waals surface area contributed by atoms with Gasteiger partial charge in [0, 0.05) is 50.0 Å². The summed E-state index contributed by atoms with van der Waals surface area (Å²) in [6.07, 6.45) is 2.11. The van der Waals surface area contributed by atoms with Crippen LogP contribution in [0.1, 0.15) is 12.8 Å². The number of aryl methyl sites for hydroxylation is 1. The molecule has 0 unspecified atom stereocenters. The fraction of sp³-hybridized carbons (Fsp3) is 0.323. The Hall–Kier alpha value is -3.55. The van der Waals surface area contributed by atoms with E-state index in [4.69, 9.17) is 9.72 Å². The number of fused-ring (bicyclic) bond motifs is 5. The number of ether oxygens (including phenoxy) is 1. The van der Waals surface area contributed by atoms with Crippen LogP contribution in [0.3, 0.4) is 0 Å². The maximum atomic E-state index is 14.1. The van der Waals surface area contributed by atoms with Crippen molar-refractivity contribution in [1.29, 1.82) is 0 Å². The molecule has 38 heavy (non-hydrogen) atoms. The Bertz CT molecular complexity index is 1660. The zero-order valence-corrected chi connectivity index (χ0v) is 21.3. The predicted molar refractivity (Wildman–Crippen MR) is 149 cm³/mol. The molecule has 0 saturated carbocycles. The molecule has 0 bridgehead atoms. The first-order valence-electron chi connectivity index (χ1n) is 13.5. The molecule has 0 radical (unpaired) electrons. The van der Waals surface area contributed by atoms with Gasteiger partial charge in [-0.3, -0.25) is 4.90 Å². The van der Waals surface area contributed by atoms with E-state index in [0.717, 1.165) is 87.3 Å². The molecule has 0 aliphatic carbocycles. The zero-order chi connectivity index (χ0) is 25.6. The summed E-state index contributed by atoms with van der Waals surface area (Å²) in [6, 6.07) is 18.7. The topological polar surface area (TPSA) is 33.5 Å². The number of benzene rings is 3. The molecule has 2 aliphatic heterocycles. The minimum atomic E-state index is -0.834. The van der Waals surface area contributed by atoms with Crippen LogP contribution in [0.5, 0.6) is 0 Å². The van der Waals surface area contributed by atoms with Gasteiger partial charge in [0.15, 0.2) is 11.6 Å². The van der Waals surface area contributed by atoms with E-state index in [1.807, 2.05) is 12.1 Å². The second kappa shape index (κ2) is 9.64. The van der Waals surface area contributed by atoms with Gasteiger partial charge in [-0.05, 0) is 54.3 Å². The third-order valence-corrected chi connectivity index (χ3v) is 8.04. The molecule has 4 heterocycles. The van der Waals surface area contributed by atoms with Gasteiger partial charge in [0.1, 0.15) is 0 Å². The number of hydrogen-bond acceptors (Lipinski definition) is 4. The average molecular weight is 513 g/mol. The van der Waals surface area contributed by atoms with E-state index in [9.17, 15) is 8.78 Å². The fourth-order valence-corrected chi connectivity index (χ4v) is 6.18. The Balaban J connectivity index is 1.39. The largest absolute Gasteiger partial charge is 0.379 e. The van der Waals surface area contributed by atoms with Crippen molar-refractivity contribution in [2.45, 2.75) is 19.4 Å². The molecule has 7 heteroatoms. The molecule has 5 aromatic rings. The number of morpholine rings is 1. The van der Waals surface area contributed by atoms with Crippen LogP contribution in [0, 0.1) is 11.6 Å². The lowest BCUT2D eigenvalue weighted by atomic mass is 10.0. The Morgan fingerprint density at radius 2 is 1.61 bits per heavy atom. The third kappa shape index (κ3) is 4.01. The molecule has 5 nitrogen and oxygen atoms in total. The minimum Gasteiger partial charge on any atom is -0.379 e. The minimum absolute atomic E-state index is 0.658. The molecule has 3 aromatic carbocycles. The maximum absolute atomic E-state index is 14.1. The van der Waals surface area contributed by atoms with E-state index in [2.05, 4.69) is 44.7 Å². The summed E-state index contributed by atoms with van der Waals surface area (Å²) in [5, 5.41) is 2.22. The van der Waals surface area contributed by atoms with Gasteiger partial charge in [-0.15, -0.1) is 0 Å². The summed E-state index contributed by atoms with van der Waals surface area (Å²) in [5.41, 5.74) is 7.04. The van der Waals surface area contributed by atoms with Crippen LogP contribution < -0.4 is 4.90 Å². The van der Waals surface area contributed by atoms with E-state index in [1.54, 1.807) is 6.07 Å². The van der Waals surface area contributed by atoms with Gasteiger partial charge in [-0.25, -0.2) is 13.8 Å². The maximum Gasteiger partial charge on any atom is 0.159 e. The van der Waals surface area contributed by atoms with Crippen molar-refractivity contribution in [2.24, 2.45) is 0 Å². The van der Waals surface area contributed by atoms with Crippen LogP contribution >= 0.6 is 0 Å². The van der Waals surface area contributed by atoms with Crippen LogP contribution in [0.25, 0.3) is 44.0 Å². The molecule has 2 aliphatic rings. The van der Waals surface area contributed by atoms with Crippen LogP contribution in [0.15, 0.2) is 60.7 Å². The molecule has 1 saturated heterocycles. The number of pyridine rings is 1. The number of halogens is 2. The van der Waals surface area contributed by atoms with Crippen molar-refractivity contribution in [3.8, 4) is 11.1 Å². The molecule has 0 N–H and O–H groups in total. The Morgan fingerprint density at radius 3 is 2.47 bits per heavy atom. The first-order chi connectivity index (χ1) is 18.7. The second-order valence-electron chi connectivity index (χ2n) is 10.3. The standard InChI is InChI=1S/C31H30F2N4O/c32-25-9-7-22(20-26(25)33)21-8-10-27-24(19-21)30-31-29(34-27)23-5-1-2-6-28(23)37(31)14-4-13-36(30)12-3-11-35-15-17-38-18-16-35/h1-2,5-10,19-20H,3-4,11-18H2. The summed E-state index contributed by atoms with van der Waals surface area (Å²) >= 11 is 0. The quantitative estimate of drug-likeness (QED) is 0.280. The van der Waals surface area contributed by atoms with Crippen molar-refractivity contribution in [3.05, 3.63) is 72.3 Å². The molecular weight excluding hydrogens is 482 g/mol. The first kappa shape index (κ1) is 23.6. The van der Waals surface area contributed by atoms with Crippen LogP contribution in [-0.2, 0) is 11.3 Å². The SMILES string of the molecule is Fc1ccc(-c2ccc3nc4c5ccccc5n5c4c(c3c2)N(CCCN2CCOCC2)CCC5)cc1F. The Labute approximate surface area is 220 Å². The number of rotatable bonds is 5. The molecule has 194 valence electrons. The molecule has 0 atom stereocenters. The highest BCUT2D eigenvalue weighted by atomic mass is 19.2. The molecule has 1 fully saturated rings. The molecule has 7 rings (SSSR count). The van der Waals surface area contributed by atoms with Gasteiger partial charge in [-0.2, -0.15) is 0 Å². The smallest absolute Gasteiger partial charge is 0.159 e. The van der Waals surface area contributed by atoms with Gasteiger partial charge in [-0.1, -0.05) is 30.3 Å². The zero-order valence-electron chi connectivity index (χ0n) is 21.3. The van der Waals surface area contributed by atoms with Gasteiger partial charge in [0.05, 0.1) is 41.0 Å². The summed E-state index contributed by atoms with van der Waals surface area (Å²) < 4.78 is 35.7. The number of nitrogens with zero attached hydrogens (tertiary/aromatic N) is 4. The Morgan fingerprint density at radius 1 is 0.789 bits per heavy atom.